The quantitative estimate of drug-likeness (QED) is 0.236. The number of unbranched alkanes of at least 4 members (excludes halogenated alkanes) is 1. The summed E-state index contributed by atoms with van der Waals surface area (Å²) >= 11 is 0. The third kappa shape index (κ3) is 6.73. The van der Waals surface area contributed by atoms with Gasteiger partial charge < -0.3 is 4.74 Å². The van der Waals surface area contributed by atoms with Crippen LogP contribution in [0.3, 0.4) is 0 Å². The number of carbonyl (C=O) groups excluding carboxylic acids is 3. The van der Waals surface area contributed by atoms with E-state index in [1.807, 2.05) is 10.6 Å². The highest BCUT2D eigenvalue weighted by Crippen LogP contribution is 2.42. The van der Waals surface area contributed by atoms with Gasteiger partial charge in [0.15, 0.2) is 17.6 Å². The molecule has 1 saturated heterocycles. The van der Waals surface area contributed by atoms with Crippen LogP contribution in [0.2, 0.25) is 0 Å². The Kier molecular flexibility index (Phi) is 7.48. The summed E-state index contributed by atoms with van der Waals surface area (Å²) in [4.78, 5) is 34.5. The third-order valence-corrected chi connectivity index (χ3v) is 7.51. The molecule has 1 heterocycles. The maximum atomic E-state index is 14.2. The van der Waals surface area contributed by atoms with Crippen LogP contribution < -0.4 is 25.4 Å². The summed E-state index contributed by atoms with van der Waals surface area (Å²) in [5, 5.41) is 6.70. The van der Waals surface area contributed by atoms with Gasteiger partial charge in [0.2, 0.25) is 10.0 Å². The summed E-state index contributed by atoms with van der Waals surface area (Å²) in [6.07, 6.45) is 4.65. The number of rotatable bonds is 13. The number of halogens is 1. The second-order valence-electron chi connectivity index (χ2n) is 9.10. The monoisotopic (exact) mass is 496 g/mol. The number of urea groups is 1. The van der Waals surface area contributed by atoms with E-state index in [0.717, 1.165) is 25.7 Å². The molecule has 4 N–H and O–H groups in total. The normalized spacial score (nSPS) is 20.1. The molecule has 1 aromatic rings. The lowest BCUT2D eigenvalue weighted by molar-refractivity contribution is -0.133. The van der Waals surface area contributed by atoms with Crippen molar-refractivity contribution in [1.82, 2.24) is 20.7 Å². The zero-order chi connectivity index (χ0) is 24.3. The highest BCUT2D eigenvalue weighted by atomic mass is 32.2. The van der Waals surface area contributed by atoms with E-state index >= 15 is 0 Å². The Morgan fingerprint density at radius 3 is 2.41 bits per heavy atom. The van der Waals surface area contributed by atoms with E-state index in [1.54, 1.807) is 12.1 Å². The minimum absolute atomic E-state index is 0.133. The fourth-order valence-corrected chi connectivity index (χ4v) is 5.22. The first-order valence-electron chi connectivity index (χ1n) is 11.5. The van der Waals surface area contributed by atoms with E-state index in [0.29, 0.717) is 30.9 Å². The number of benzene rings is 1. The van der Waals surface area contributed by atoms with Crippen molar-refractivity contribution in [2.75, 3.05) is 18.9 Å². The van der Waals surface area contributed by atoms with E-state index in [4.69, 9.17) is 4.74 Å². The molecule has 1 atom stereocenters. The van der Waals surface area contributed by atoms with Gasteiger partial charge in [0.25, 0.3) is 11.8 Å². The molecule has 4 amide bonds. The van der Waals surface area contributed by atoms with E-state index in [9.17, 15) is 27.2 Å². The number of hydrogen-bond acceptors (Lipinski definition) is 7. The molecule has 0 radical (unpaired) electrons. The molecule has 2 saturated carbocycles. The summed E-state index contributed by atoms with van der Waals surface area (Å²) in [5.41, 5.74) is 0.684. The Hall–Kier alpha value is -2.57. The van der Waals surface area contributed by atoms with Gasteiger partial charge in [-0.1, -0.05) is 6.07 Å². The predicted octanol–water partition coefficient (Wildman–Crippen LogP) is 1.09. The number of nitrogens with one attached hydrogen (secondary N) is 4. The number of hydrogen-bond donors (Lipinski definition) is 4. The smallest absolute Gasteiger partial charge is 0.328 e. The van der Waals surface area contributed by atoms with Crippen molar-refractivity contribution >= 4 is 27.9 Å². The van der Waals surface area contributed by atoms with Crippen molar-refractivity contribution in [3.05, 3.63) is 29.6 Å². The van der Waals surface area contributed by atoms with Crippen molar-refractivity contribution in [1.29, 1.82) is 0 Å². The Labute approximate surface area is 197 Å². The maximum absolute atomic E-state index is 14.2. The Morgan fingerprint density at radius 2 is 1.76 bits per heavy atom. The summed E-state index contributed by atoms with van der Waals surface area (Å²) in [6.45, 7) is 0.690. The van der Waals surface area contributed by atoms with Crippen molar-refractivity contribution in [2.45, 2.75) is 50.6 Å². The average molecular weight is 497 g/mol. The lowest BCUT2D eigenvalue weighted by Gasteiger charge is -2.21. The average Bonchev–Trinajstić information content (AvgIpc) is 3.67. The van der Waals surface area contributed by atoms with Crippen molar-refractivity contribution in [2.24, 2.45) is 11.8 Å². The van der Waals surface area contributed by atoms with Gasteiger partial charge in [0, 0.05) is 6.04 Å². The van der Waals surface area contributed by atoms with Gasteiger partial charge in [-0.25, -0.2) is 22.3 Å². The zero-order valence-corrected chi connectivity index (χ0v) is 19.5. The van der Waals surface area contributed by atoms with Gasteiger partial charge in [0.05, 0.1) is 12.4 Å². The standard InChI is InChI=1S/C22H29FN4O6S/c23-16-8-7-15(11-17(16)33-12-13-3-4-13)18(14-5-6-14)27-34(31,32)10-2-1-9-24-19-20(28)25-22(30)26-21(19)29/h7-8,11,13-14,18-19,24,27H,1-6,9-10,12H2,(H2,25,26,28,29,30)/t18-/m1/s1. The molecule has 34 heavy (non-hydrogen) atoms. The molecule has 4 rings (SSSR count). The maximum Gasteiger partial charge on any atom is 0.328 e. The topological polar surface area (TPSA) is 143 Å². The molecule has 0 spiro atoms. The molecule has 1 aliphatic heterocycles. The molecule has 1 aromatic carbocycles. The minimum Gasteiger partial charge on any atom is -0.490 e. The highest BCUT2D eigenvalue weighted by Gasteiger charge is 2.36. The van der Waals surface area contributed by atoms with E-state index in [-0.39, 0.29) is 24.0 Å². The van der Waals surface area contributed by atoms with Gasteiger partial charge >= 0.3 is 6.03 Å². The molecular weight excluding hydrogens is 467 g/mol. The molecule has 0 bridgehead atoms. The first kappa shape index (κ1) is 24.6. The molecule has 2 aliphatic carbocycles. The van der Waals surface area contributed by atoms with Crippen LogP contribution in [0.1, 0.15) is 50.1 Å². The first-order valence-corrected chi connectivity index (χ1v) is 13.2. The second-order valence-corrected chi connectivity index (χ2v) is 11.0. The Morgan fingerprint density at radius 1 is 1.06 bits per heavy atom. The highest BCUT2D eigenvalue weighted by molar-refractivity contribution is 7.89. The minimum atomic E-state index is -3.62. The fraction of sp³-hybridized carbons (Fsp3) is 0.591. The van der Waals surface area contributed by atoms with Crippen LogP contribution in [0.4, 0.5) is 9.18 Å². The number of imide groups is 2. The number of amides is 4. The van der Waals surface area contributed by atoms with Gasteiger partial charge in [0.1, 0.15) is 0 Å². The van der Waals surface area contributed by atoms with Gasteiger partial charge in [-0.3, -0.25) is 25.5 Å². The van der Waals surface area contributed by atoms with Crippen LogP contribution in [-0.2, 0) is 19.6 Å². The largest absolute Gasteiger partial charge is 0.490 e. The molecule has 3 fully saturated rings. The molecule has 0 aromatic heterocycles. The zero-order valence-electron chi connectivity index (χ0n) is 18.6. The fourth-order valence-electron chi connectivity index (χ4n) is 3.80. The van der Waals surface area contributed by atoms with Crippen LogP contribution in [0.15, 0.2) is 18.2 Å². The number of barbiturate groups is 1. The lowest BCUT2D eigenvalue weighted by atomic mass is 10.0. The lowest BCUT2D eigenvalue weighted by Crippen LogP contribution is -2.63. The number of carbonyl (C=O) groups is 3. The van der Waals surface area contributed by atoms with Crippen molar-refractivity contribution < 1.29 is 31.9 Å². The molecule has 3 aliphatic rings. The summed E-state index contributed by atoms with van der Waals surface area (Å²) < 4.78 is 48.0. The molecular formula is C22H29FN4O6S. The van der Waals surface area contributed by atoms with Crippen LogP contribution in [0, 0.1) is 17.7 Å². The van der Waals surface area contributed by atoms with Crippen LogP contribution in [0.25, 0.3) is 0 Å². The van der Waals surface area contributed by atoms with Gasteiger partial charge in [-0.05, 0) is 74.6 Å². The summed E-state index contributed by atoms with van der Waals surface area (Å²) in [6, 6.07) is 2.01. The Balaban J connectivity index is 1.27. The second kappa shape index (κ2) is 10.4. The number of sulfonamides is 1. The van der Waals surface area contributed by atoms with Crippen molar-refractivity contribution in [3.63, 3.8) is 0 Å². The van der Waals surface area contributed by atoms with Crippen LogP contribution >= 0.6 is 0 Å². The SMILES string of the molecule is O=C1NC(=O)C(NCCCCS(=O)(=O)N[C@@H](c2ccc(F)c(OCC3CC3)c2)C2CC2)C(=O)N1. The van der Waals surface area contributed by atoms with Crippen molar-refractivity contribution in [3.8, 4) is 5.75 Å². The van der Waals surface area contributed by atoms with E-state index < -0.39 is 45.8 Å². The molecule has 10 nitrogen and oxygen atoms in total. The summed E-state index contributed by atoms with van der Waals surface area (Å²) in [5.74, 6) is -1.29. The van der Waals surface area contributed by atoms with E-state index in [1.165, 1.54) is 6.07 Å². The Bertz CT molecular complexity index is 1040. The third-order valence-electron chi connectivity index (χ3n) is 6.07. The van der Waals surface area contributed by atoms with Gasteiger partial charge in [-0.2, -0.15) is 0 Å². The first-order chi connectivity index (χ1) is 16.2. The number of ether oxygens (including phenoxy) is 1. The molecule has 12 heteroatoms. The van der Waals surface area contributed by atoms with Gasteiger partial charge in [-0.15, -0.1) is 0 Å². The predicted molar refractivity (Wildman–Crippen MR) is 120 cm³/mol. The summed E-state index contributed by atoms with van der Waals surface area (Å²) in [7, 11) is -3.62. The molecule has 186 valence electrons. The van der Waals surface area contributed by atoms with Crippen LogP contribution in [0.5, 0.6) is 5.75 Å². The van der Waals surface area contributed by atoms with E-state index in [2.05, 4.69) is 10.0 Å². The van der Waals surface area contributed by atoms with Crippen LogP contribution in [-0.4, -0.2) is 51.2 Å². The molecule has 0 unspecified atom stereocenters.